The van der Waals surface area contributed by atoms with Crippen LogP contribution in [0.25, 0.3) is 0 Å². The molecule has 2 heterocycles. The number of halogens is 1. The van der Waals surface area contributed by atoms with Crippen LogP contribution in [0.2, 0.25) is 0 Å². The fourth-order valence-electron chi connectivity index (χ4n) is 4.13. The zero-order valence-corrected chi connectivity index (χ0v) is 19.0. The Labute approximate surface area is 182 Å². The molecule has 2 fully saturated rings. The van der Waals surface area contributed by atoms with Gasteiger partial charge < -0.3 is 36.0 Å². The summed E-state index contributed by atoms with van der Waals surface area (Å²) < 4.78 is 5.72. The van der Waals surface area contributed by atoms with Crippen molar-refractivity contribution < 1.29 is 35.4 Å². The first-order valence-electron chi connectivity index (χ1n) is 9.62. The minimum atomic E-state index is -1.42. The summed E-state index contributed by atoms with van der Waals surface area (Å²) in [6.07, 6.45) is -1.50. The predicted octanol–water partition coefficient (Wildman–Crippen LogP) is -1.26. The monoisotopic (exact) mass is 460 g/mol. The van der Waals surface area contributed by atoms with E-state index in [9.17, 15) is 25.2 Å². The summed E-state index contributed by atoms with van der Waals surface area (Å²) >= 11 is 1.20. The van der Waals surface area contributed by atoms with Gasteiger partial charge in [-0.05, 0) is 39.0 Å². The molecule has 174 valence electrons. The van der Waals surface area contributed by atoms with Crippen molar-refractivity contribution in [1.29, 1.82) is 0 Å². The first-order valence-corrected chi connectivity index (χ1v) is 10.9. The summed E-state index contributed by atoms with van der Waals surface area (Å²) in [5, 5.41) is 43.5. The van der Waals surface area contributed by atoms with Crippen LogP contribution in [0.15, 0.2) is 0 Å². The number of ether oxygens (including phenoxy) is 1. The normalized spacial score (nSPS) is 37.2. The molecule has 0 bridgehead atoms. The van der Waals surface area contributed by atoms with Gasteiger partial charge in [0, 0.05) is 6.54 Å². The number of carbonyl (C=O) groups excluding carboxylic acids is 1. The van der Waals surface area contributed by atoms with E-state index in [1.807, 2.05) is 11.9 Å². The molecular formula is C18H37ClN2O7S. The summed E-state index contributed by atoms with van der Waals surface area (Å²) in [6.45, 7) is 4.48. The van der Waals surface area contributed by atoms with E-state index in [-0.39, 0.29) is 29.8 Å². The second-order valence-electron chi connectivity index (χ2n) is 7.80. The minimum absolute atomic E-state index is 0. The van der Waals surface area contributed by atoms with Gasteiger partial charge in [-0.25, -0.2) is 0 Å². The average molecular weight is 461 g/mol. The van der Waals surface area contributed by atoms with Gasteiger partial charge in [-0.15, -0.1) is 24.2 Å². The van der Waals surface area contributed by atoms with E-state index >= 15 is 0 Å². The van der Waals surface area contributed by atoms with Gasteiger partial charge in [-0.2, -0.15) is 0 Å². The Morgan fingerprint density at radius 1 is 1.28 bits per heavy atom. The maximum absolute atomic E-state index is 12.8. The number of rotatable bonds is 7. The van der Waals surface area contributed by atoms with Crippen molar-refractivity contribution in [3.05, 3.63) is 0 Å². The van der Waals surface area contributed by atoms with Crippen molar-refractivity contribution in [2.24, 2.45) is 5.92 Å². The van der Waals surface area contributed by atoms with Gasteiger partial charge in [-0.1, -0.05) is 13.3 Å². The highest BCUT2D eigenvalue weighted by Crippen LogP contribution is 2.30. The Morgan fingerprint density at radius 3 is 2.41 bits per heavy atom. The number of nitrogens with zero attached hydrogens (tertiary/aromatic N) is 1. The number of carbonyl (C=O) groups is 1. The molecule has 29 heavy (non-hydrogen) atoms. The zero-order chi connectivity index (χ0) is 20.3. The molecule has 1 amide bonds. The number of likely N-dealkylation sites (N-methyl/N-ethyl adjacent to an activating group) is 1. The average Bonchev–Trinajstić information content (AvgIpc) is 2.99. The summed E-state index contributed by atoms with van der Waals surface area (Å²) in [5.74, 6) is 0.245. The van der Waals surface area contributed by atoms with E-state index in [0.717, 1.165) is 25.8 Å². The smallest absolute Gasteiger partial charge is 0.237 e. The Kier molecular flexibility index (Phi) is 12.6. The van der Waals surface area contributed by atoms with Gasteiger partial charge in [0.05, 0.1) is 18.2 Å². The van der Waals surface area contributed by atoms with Crippen molar-refractivity contribution in [3.8, 4) is 0 Å². The van der Waals surface area contributed by atoms with E-state index in [2.05, 4.69) is 12.2 Å². The number of hydrogen-bond acceptors (Lipinski definition) is 8. The lowest BCUT2D eigenvalue weighted by molar-refractivity contribution is -0.211. The highest BCUT2D eigenvalue weighted by atomic mass is 35.5. The van der Waals surface area contributed by atoms with E-state index in [1.54, 1.807) is 6.26 Å². The fraction of sp³-hybridized carbons (Fsp3) is 0.944. The molecule has 9 nitrogen and oxygen atoms in total. The Bertz CT molecular complexity index is 503. The molecule has 2 saturated heterocycles. The number of likely N-dealkylation sites (tertiary alicyclic amines) is 1. The highest BCUT2D eigenvalue weighted by molar-refractivity contribution is 7.99. The SMILES string of the molecule is CCC[C@@H]1CC(C(=O)N[C@@H]([C@H]2O[C@H](SC)[C@H](O)[C@@H](O)[C@H]2O)[C@@H](C)O)N(C)C1.Cl.O. The maximum atomic E-state index is 12.8. The number of aliphatic hydroxyl groups excluding tert-OH is 4. The van der Waals surface area contributed by atoms with Gasteiger partial charge in [0.15, 0.2) is 0 Å². The van der Waals surface area contributed by atoms with E-state index in [4.69, 9.17) is 4.74 Å². The molecule has 0 aromatic carbocycles. The number of hydrogen-bond donors (Lipinski definition) is 5. The maximum Gasteiger partial charge on any atom is 0.237 e. The van der Waals surface area contributed by atoms with Crippen LogP contribution in [0.4, 0.5) is 0 Å². The first-order chi connectivity index (χ1) is 12.7. The largest absolute Gasteiger partial charge is 0.412 e. The van der Waals surface area contributed by atoms with Crippen molar-refractivity contribution in [2.45, 2.75) is 81.1 Å². The molecule has 0 aromatic rings. The van der Waals surface area contributed by atoms with Crippen LogP contribution < -0.4 is 5.32 Å². The zero-order valence-electron chi connectivity index (χ0n) is 17.4. The lowest BCUT2D eigenvalue weighted by Crippen LogP contribution is -2.65. The molecule has 11 heteroatoms. The third-order valence-electron chi connectivity index (χ3n) is 5.66. The third kappa shape index (κ3) is 6.65. The van der Waals surface area contributed by atoms with Crippen LogP contribution in [-0.4, -0.2) is 105 Å². The predicted molar refractivity (Wildman–Crippen MR) is 114 cm³/mol. The molecule has 1 unspecified atom stereocenters. The van der Waals surface area contributed by atoms with Crippen LogP contribution >= 0.6 is 24.2 Å². The molecular weight excluding hydrogens is 424 g/mol. The summed E-state index contributed by atoms with van der Waals surface area (Å²) in [5.41, 5.74) is -0.755. The molecule has 2 rings (SSSR count). The van der Waals surface area contributed by atoms with Gasteiger partial charge in [0.2, 0.25) is 5.91 Å². The second-order valence-corrected chi connectivity index (χ2v) is 8.73. The lowest BCUT2D eigenvalue weighted by atomic mass is 9.92. The van der Waals surface area contributed by atoms with Crippen LogP contribution in [0, 0.1) is 5.92 Å². The number of aliphatic hydroxyl groups is 4. The Morgan fingerprint density at radius 2 is 1.90 bits per heavy atom. The lowest BCUT2D eigenvalue weighted by Gasteiger charge is -2.44. The molecule has 0 saturated carbocycles. The summed E-state index contributed by atoms with van der Waals surface area (Å²) in [7, 11) is 1.91. The van der Waals surface area contributed by atoms with Gasteiger partial charge in [0.25, 0.3) is 0 Å². The quantitative estimate of drug-likeness (QED) is 0.315. The Hall–Kier alpha value is -0.170. The van der Waals surface area contributed by atoms with Gasteiger partial charge in [-0.3, -0.25) is 9.69 Å². The third-order valence-corrected chi connectivity index (χ3v) is 6.51. The number of thioether (sulfide) groups is 1. The van der Waals surface area contributed by atoms with Crippen LogP contribution in [0.1, 0.15) is 33.1 Å². The molecule has 2 aliphatic heterocycles. The molecule has 7 N–H and O–H groups in total. The van der Waals surface area contributed by atoms with E-state index in [0.29, 0.717) is 5.92 Å². The second kappa shape index (κ2) is 12.6. The molecule has 2 aliphatic rings. The Balaban J connectivity index is 0.00000392. The van der Waals surface area contributed by atoms with Crippen LogP contribution in [0.3, 0.4) is 0 Å². The van der Waals surface area contributed by atoms with Crippen LogP contribution in [0.5, 0.6) is 0 Å². The highest BCUT2D eigenvalue weighted by Gasteiger charge is 2.48. The molecule has 0 aliphatic carbocycles. The minimum Gasteiger partial charge on any atom is -0.412 e. The van der Waals surface area contributed by atoms with Crippen molar-refractivity contribution in [2.75, 3.05) is 19.8 Å². The van der Waals surface area contributed by atoms with E-state index < -0.39 is 42.0 Å². The fourth-order valence-corrected chi connectivity index (χ4v) is 4.81. The van der Waals surface area contributed by atoms with Crippen LogP contribution in [-0.2, 0) is 9.53 Å². The molecule has 9 atom stereocenters. The summed E-state index contributed by atoms with van der Waals surface area (Å²) in [6, 6.07) is -1.20. The topological polar surface area (TPSA) is 154 Å². The standard InChI is InChI=1S/C18H34N2O6S.ClH.H2O/c1-5-6-10-7-11(20(3)8-10)17(25)19-12(9(2)21)16-14(23)13(22)15(24)18(26-16)27-4;;/h9-16,18,21-24H,5-8H2,1-4H3,(H,19,25);1H;1H2/t9-,10-,11?,12-,13+,14-,15-,16-,18-;;/m1../s1. The van der Waals surface area contributed by atoms with Gasteiger partial charge >= 0.3 is 0 Å². The number of nitrogens with one attached hydrogen (secondary N) is 1. The molecule has 0 radical (unpaired) electrons. The molecule has 0 spiro atoms. The van der Waals surface area contributed by atoms with Crippen molar-refractivity contribution in [3.63, 3.8) is 0 Å². The number of amides is 1. The van der Waals surface area contributed by atoms with Gasteiger partial charge in [0.1, 0.15) is 29.9 Å². The van der Waals surface area contributed by atoms with Crippen molar-refractivity contribution >= 4 is 30.1 Å². The molecule has 0 aromatic heterocycles. The summed E-state index contributed by atoms with van der Waals surface area (Å²) in [4.78, 5) is 14.9. The van der Waals surface area contributed by atoms with E-state index in [1.165, 1.54) is 18.7 Å². The first kappa shape index (κ1) is 28.8. The van der Waals surface area contributed by atoms with Crippen molar-refractivity contribution in [1.82, 2.24) is 10.2 Å².